The lowest BCUT2D eigenvalue weighted by Gasteiger charge is -2.27. The SMILES string of the molecule is CC1OCCC1(N)Cc1cc(F)ccc1[N+](=O)[O-]. The van der Waals surface area contributed by atoms with Crippen LogP contribution >= 0.6 is 0 Å². The van der Waals surface area contributed by atoms with Gasteiger partial charge in [-0.3, -0.25) is 10.1 Å². The van der Waals surface area contributed by atoms with Crippen molar-refractivity contribution in [2.75, 3.05) is 6.61 Å². The van der Waals surface area contributed by atoms with Crippen molar-refractivity contribution in [1.29, 1.82) is 0 Å². The quantitative estimate of drug-likeness (QED) is 0.658. The van der Waals surface area contributed by atoms with Gasteiger partial charge in [-0.05, 0) is 31.9 Å². The van der Waals surface area contributed by atoms with E-state index in [4.69, 9.17) is 10.5 Å². The second-order valence-electron chi connectivity index (χ2n) is 4.70. The summed E-state index contributed by atoms with van der Waals surface area (Å²) in [6.45, 7) is 2.36. The number of nitro groups is 1. The van der Waals surface area contributed by atoms with Crippen molar-refractivity contribution in [3.63, 3.8) is 0 Å². The molecular weight excluding hydrogens is 239 g/mol. The molecule has 1 aromatic rings. The normalized spacial score (nSPS) is 27.4. The first-order chi connectivity index (χ1) is 8.42. The molecule has 2 atom stereocenters. The van der Waals surface area contributed by atoms with Crippen molar-refractivity contribution in [3.05, 3.63) is 39.7 Å². The van der Waals surface area contributed by atoms with Gasteiger partial charge in [0, 0.05) is 23.8 Å². The van der Waals surface area contributed by atoms with Crippen LogP contribution in [0.3, 0.4) is 0 Å². The number of nitrogens with zero attached hydrogens (tertiary/aromatic N) is 1. The molecule has 5 nitrogen and oxygen atoms in total. The van der Waals surface area contributed by atoms with Crippen LogP contribution in [0.4, 0.5) is 10.1 Å². The number of nitro benzene ring substituents is 1. The van der Waals surface area contributed by atoms with E-state index in [9.17, 15) is 14.5 Å². The minimum absolute atomic E-state index is 0.0969. The topological polar surface area (TPSA) is 78.4 Å². The highest BCUT2D eigenvalue weighted by Gasteiger charge is 2.39. The van der Waals surface area contributed by atoms with Crippen LogP contribution in [0, 0.1) is 15.9 Å². The Kier molecular flexibility index (Phi) is 3.32. The zero-order valence-corrected chi connectivity index (χ0v) is 10.1. The van der Waals surface area contributed by atoms with Gasteiger partial charge in [-0.15, -0.1) is 0 Å². The van der Waals surface area contributed by atoms with Crippen LogP contribution in [-0.2, 0) is 11.2 Å². The van der Waals surface area contributed by atoms with Gasteiger partial charge in [0.05, 0.1) is 11.0 Å². The fourth-order valence-corrected chi connectivity index (χ4v) is 2.26. The Morgan fingerprint density at radius 1 is 1.67 bits per heavy atom. The Morgan fingerprint density at radius 2 is 2.39 bits per heavy atom. The molecule has 2 unspecified atom stereocenters. The minimum Gasteiger partial charge on any atom is -0.377 e. The van der Waals surface area contributed by atoms with Crippen LogP contribution in [-0.4, -0.2) is 23.2 Å². The first-order valence-electron chi connectivity index (χ1n) is 5.76. The highest BCUT2D eigenvalue weighted by molar-refractivity contribution is 5.41. The van der Waals surface area contributed by atoms with Gasteiger partial charge < -0.3 is 10.5 Å². The lowest BCUT2D eigenvalue weighted by molar-refractivity contribution is -0.385. The van der Waals surface area contributed by atoms with E-state index in [1.807, 2.05) is 6.92 Å². The smallest absolute Gasteiger partial charge is 0.272 e. The van der Waals surface area contributed by atoms with E-state index in [1.54, 1.807) is 0 Å². The van der Waals surface area contributed by atoms with Crippen LogP contribution in [0.25, 0.3) is 0 Å². The van der Waals surface area contributed by atoms with Gasteiger partial charge in [0.15, 0.2) is 0 Å². The number of benzene rings is 1. The standard InChI is InChI=1S/C12H15FN2O3/c1-8-12(14,4-5-18-8)7-9-6-10(13)2-3-11(9)15(16)17/h2-3,6,8H,4-5,7,14H2,1H3. The Morgan fingerprint density at radius 3 is 2.94 bits per heavy atom. The largest absolute Gasteiger partial charge is 0.377 e. The molecule has 1 saturated heterocycles. The Bertz CT molecular complexity index is 480. The zero-order chi connectivity index (χ0) is 13.3. The predicted octanol–water partition coefficient (Wildman–Crippen LogP) is 1.78. The molecule has 0 saturated carbocycles. The fraction of sp³-hybridized carbons (Fsp3) is 0.500. The maximum absolute atomic E-state index is 13.2. The van der Waals surface area contributed by atoms with Crippen LogP contribution in [0.15, 0.2) is 18.2 Å². The molecule has 0 spiro atoms. The molecule has 18 heavy (non-hydrogen) atoms. The third-order valence-corrected chi connectivity index (χ3v) is 3.50. The van der Waals surface area contributed by atoms with Gasteiger partial charge in [0.1, 0.15) is 5.82 Å². The summed E-state index contributed by atoms with van der Waals surface area (Å²) >= 11 is 0. The summed E-state index contributed by atoms with van der Waals surface area (Å²) in [5.41, 5.74) is 5.74. The fourth-order valence-electron chi connectivity index (χ4n) is 2.26. The van der Waals surface area contributed by atoms with Crippen molar-refractivity contribution >= 4 is 5.69 Å². The summed E-state index contributed by atoms with van der Waals surface area (Å²) in [7, 11) is 0. The molecule has 0 aromatic heterocycles. The molecule has 1 fully saturated rings. The summed E-state index contributed by atoms with van der Waals surface area (Å²) in [6.07, 6.45) is 0.657. The molecule has 1 heterocycles. The zero-order valence-electron chi connectivity index (χ0n) is 10.1. The molecule has 1 aliphatic heterocycles. The van der Waals surface area contributed by atoms with Crippen molar-refractivity contribution in [3.8, 4) is 0 Å². The molecule has 0 aliphatic carbocycles. The average molecular weight is 254 g/mol. The highest BCUT2D eigenvalue weighted by atomic mass is 19.1. The Hall–Kier alpha value is -1.53. The van der Waals surface area contributed by atoms with Crippen molar-refractivity contribution in [2.45, 2.75) is 31.4 Å². The number of nitrogens with two attached hydrogens (primary N) is 1. The van der Waals surface area contributed by atoms with E-state index in [0.29, 0.717) is 18.6 Å². The summed E-state index contributed by atoms with van der Waals surface area (Å²) in [4.78, 5) is 10.4. The van der Waals surface area contributed by atoms with E-state index >= 15 is 0 Å². The van der Waals surface area contributed by atoms with E-state index in [2.05, 4.69) is 0 Å². The van der Waals surface area contributed by atoms with Crippen molar-refractivity contribution in [1.82, 2.24) is 0 Å². The van der Waals surface area contributed by atoms with Crippen LogP contribution in [0.1, 0.15) is 18.9 Å². The summed E-state index contributed by atoms with van der Waals surface area (Å²) in [6, 6.07) is 3.44. The number of ether oxygens (including phenoxy) is 1. The molecule has 0 bridgehead atoms. The second kappa shape index (κ2) is 4.62. The summed E-state index contributed by atoms with van der Waals surface area (Å²) in [5, 5.41) is 10.9. The molecule has 0 amide bonds. The molecule has 6 heteroatoms. The molecule has 1 aromatic carbocycles. The maximum atomic E-state index is 13.2. The number of hydrogen-bond donors (Lipinski definition) is 1. The van der Waals surface area contributed by atoms with Gasteiger partial charge in [-0.1, -0.05) is 0 Å². The number of hydrogen-bond acceptors (Lipinski definition) is 4. The van der Waals surface area contributed by atoms with Gasteiger partial charge >= 0.3 is 0 Å². The Balaban J connectivity index is 2.33. The first-order valence-corrected chi connectivity index (χ1v) is 5.76. The van der Waals surface area contributed by atoms with E-state index < -0.39 is 16.3 Å². The first kappa shape index (κ1) is 12.9. The third kappa shape index (κ3) is 2.34. The minimum atomic E-state index is -0.668. The van der Waals surface area contributed by atoms with Crippen LogP contribution in [0.5, 0.6) is 0 Å². The molecule has 2 N–H and O–H groups in total. The molecule has 1 aliphatic rings. The van der Waals surface area contributed by atoms with Crippen LogP contribution in [0.2, 0.25) is 0 Å². The molecule has 0 radical (unpaired) electrons. The second-order valence-corrected chi connectivity index (χ2v) is 4.70. The predicted molar refractivity (Wildman–Crippen MR) is 63.7 cm³/mol. The van der Waals surface area contributed by atoms with Gasteiger partial charge in [0.2, 0.25) is 0 Å². The lowest BCUT2D eigenvalue weighted by Crippen LogP contribution is -2.48. The highest BCUT2D eigenvalue weighted by Crippen LogP contribution is 2.30. The van der Waals surface area contributed by atoms with Crippen molar-refractivity contribution < 1.29 is 14.1 Å². The number of halogens is 1. The van der Waals surface area contributed by atoms with Crippen molar-refractivity contribution in [2.24, 2.45) is 5.73 Å². The third-order valence-electron chi connectivity index (χ3n) is 3.50. The average Bonchev–Trinajstić information content (AvgIpc) is 2.58. The van der Waals surface area contributed by atoms with Gasteiger partial charge in [0.25, 0.3) is 5.69 Å². The van der Waals surface area contributed by atoms with Crippen LogP contribution < -0.4 is 5.73 Å². The van der Waals surface area contributed by atoms with Gasteiger partial charge in [-0.25, -0.2) is 4.39 Å². The molecule has 2 rings (SSSR count). The molecule has 98 valence electrons. The Labute approximate surface area is 104 Å². The lowest BCUT2D eigenvalue weighted by atomic mass is 9.85. The maximum Gasteiger partial charge on any atom is 0.272 e. The monoisotopic (exact) mass is 254 g/mol. The van der Waals surface area contributed by atoms with E-state index in [1.165, 1.54) is 12.1 Å². The summed E-state index contributed by atoms with van der Waals surface area (Å²) in [5.74, 6) is -0.495. The van der Waals surface area contributed by atoms with E-state index in [-0.39, 0.29) is 18.2 Å². The van der Waals surface area contributed by atoms with E-state index in [0.717, 1.165) is 6.07 Å². The summed E-state index contributed by atoms with van der Waals surface area (Å²) < 4.78 is 18.6. The van der Waals surface area contributed by atoms with Gasteiger partial charge in [-0.2, -0.15) is 0 Å². The molecular formula is C12H15FN2O3. The number of rotatable bonds is 3.